The van der Waals surface area contributed by atoms with Gasteiger partial charge in [-0.2, -0.15) is 5.26 Å². The van der Waals surface area contributed by atoms with Gasteiger partial charge in [-0.15, -0.1) is 11.8 Å². The fraction of sp³-hybridized carbons (Fsp3) is 0.174. The molecule has 1 aliphatic heterocycles. The van der Waals surface area contributed by atoms with E-state index in [0.29, 0.717) is 5.02 Å². The van der Waals surface area contributed by atoms with Crippen molar-refractivity contribution in [1.82, 2.24) is 0 Å². The highest BCUT2D eigenvalue weighted by Crippen LogP contribution is 2.45. The number of halogens is 1. The number of fused-ring (bicyclic) bond motifs is 1. The Hall–Kier alpha value is -2.41. The molecule has 4 heteroatoms. The minimum atomic E-state index is -0.171. The van der Waals surface area contributed by atoms with Gasteiger partial charge in [-0.1, -0.05) is 72.3 Å². The Balaban J connectivity index is 1.68. The van der Waals surface area contributed by atoms with E-state index in [4.69, 9.17) is 11.6 Å². The zero-order valence-corrected chi connectivity index (χ0v) is 16.3. The summed E-state index contributed by atoms with van der Waals surface area (Å²) in [5.74, 6) is 0.722. The third-order valence-corrected chi connectivity index (χ3v) is 6.45. The SMILES string of the molecule is N#CC1C(SCc2ccccc2)Nc2ccccc2C1c1ccc(Cl)cc1. The van der Waals surface area contributed by atoms with Gasteiger partial charge in [0.05, 0.1) is 17.4 Å². The summed E-state index contributed by atoms with van der Waals surface area (Å²) in [7, 11) is 0. The Morgan fingerprint density at radius 1 is 0.926 bits per heavy atom. The second kappa shape index (κ2) is 8.08. The molecule has 1 heterocycles. The fourth-order valence-corrected chi connectivity index (χ4v) is 4.94. The lowest BCUT2D eigenvalue weighted by molar-refractivity contribution is 0.563. The molecule has 0 saturated heterocycles. The van der Waals surface area contributed by atoms with Crippen LogP contribution < -0.4 is 5.32 Å². The first-order valence-electron chi connectivity index (χ1n) is 8.92. The highest BCUT2D eigenvalue weighted by atomic mass is 35.5. The number of para-hydroxylation sites is 1. The van der Waals surface area contributed by atoms with Gasteiger partial charge in [0.2, 0.25) is 0 Å². The molecule has 0 spiro atoms. The first kappa shape index (κ1) is 18.0. The maximum Gasteiger partial charge on any atom is 0.0894 e. The molecule has 0 fully saturated rings. The molecule has 3 atom stereocenters. The van der Waals surface area contributed by atoms with Crippen molar-refractivity contribution in [1.29, 1.82) is 5.26 Å². The molecule has 0 aliphatic carbocycles. The van der Waals surface area contributed by atoms with E-state index in [1.54, 1.807) is 11.8 Å². The molecular weight excluding hydrogens is 372 g/mol. The van der Waals surface area contributed by atoms with Crippen LogP contribution in [0.1, 0.15) is 22.6 Å². The van der Waals surface area contributed by atoms with E-state index in [0.717, 1.165) is 17.0 Å². The summed E-state index contributed by atoms with van der Waals surface area (Å²) in [4.78, 5) is 0. The molecular formula is C23H19ClN2S. The Bertz CT molecular complexity index is 950. The van der Waals surface area contributed by atoms with Crippen LogP contribution in [-0.4, -0.2) is 5.37 Å². The van der Waals surface area contributed by atoms with Crippen molar-refractivity contribution in [3.05, 3.63) is 101 Å². The second-order valence-corrected chi connectivity index (χ2v) is 8.20. The van der Waals surface area contributed by atoms with Gasteiger partial charge in [-0.3, -0.25) is 0 Å². The third kappa shape index (κ3) is 3.83. The fourth-order valence-electron chi connectivity index (χ4n) is 3.62. The van der Waals surface area contributed by atoms with E-state index < -0.39 is 0 Å². The van der Waals surface area contributed by atoms with Gasteiger partial charge < -0.3 is 5.32 Å². The van der Waals surface area contributed by atoms with Gasteiger partial charge in [0, 0.05) is 22.4 Å². The highest BCUT2D eigenvalue weighted by Gasteiger charge is 2.37. The van der Waals surface area contributed by atoms with Crippen LogP contribution in [0.3, 0.4) is 0 Å². The lowest BCUT2D eigenvalue weighted by Gasteiger charge is -2.37. The van der Waals surface area contributed by atoms with Crippen LogP contribution in [0.4, 0.5) is 5.69 Å². The molecule has 0 saturated carbocycles. The normalized spacial score (nSPS) is 21.0. The minimum Gasteiger partial charge on any atom is -0.372 e. The van der Waals surface area contributed by atoms with Crippen molar-refractivity contribution in [2.45, 2.75) is 17.0 Å². The number of benzene rings is 3. The van der Waals surface area contributed by atoms with Crippen LogP contribution in [0, 0.1) is 17.2 Å². The van der Waals surface area contributed by atoms with Crippen molar-refractivity contribution in [2.75, 3.05) is 5.32 Å². The highest BCUT2D eigenvalue weighted by molar-refractivity contribution is 7.99. The predicted octanol–water partition coefficient (Wildman–Crippen LogP) is 6.30. The molecule has 3 aromatic rings. The van der Waals surface area contributed by atoms with Crippen LogP contribution in [0.5, 0.6) is 0 Å². The second-order valence-electron chi connectivity index (χ2n) is 6.63. The lowest BCUT2D eigenvalue weighted by atomic mass is 9.78. The van der Waals surface area contributed by atoms with Gasteiger partial charge in [-0.25, -0.2) is 0 Å². The lowest BCUT2D eigenvalue weighted by Crippen LogP contribution is -2.35. The van der Waals surface area contributed by atoms with Gasteiger partial charge >= 0.3 is 0 Å². The zero-order valence-electron chi connectivity index (χ0n) is 14.7. The number of nitriles is 1. The van der Waals surface area contributed by atoms with Gasteiger partial charge in [0.15, 0.2) is 0 Å². The van der Waals surface area contributed by atoms with Crippen molar-refractivity contribution < 1.29 is 0 Å². The Labute approximate surface area is 169 Å². The Kier molecular flexibility index (Phi) is 5.38. The molecule has 3 unspecified atom stereocenters. The van der Waals surface area contributed by atoms with E-state index in [-0.39, 0.29) is 17.2 Å². The van der Waals surface area contributed by atoms with Crippen LogP contribution in [0.15, 0.2) is 78.9 Å². The standard InChI is InChI=1S/C23H19ClN2S/c24-18-12-10-17(11-13-18)22-19-8-4-5-9-21(19)26-23(20(22)14-25)27-15-16-6-2-1-3-7-16/h1-13,20,22-23,26H,15H2. The number of anilines is 1. The first-order chi connectivity index (χ1) is 13.3. The number of thioether (sulfide) groups is 1. The third-order valence-electron chi connectivity index (χ3n) is 4.93. The van der Waals surface area contributed by atoms with Crippen LogP contribution in [0.2, 0.25) is 5.02 Å². The summed E-state index contributed by atoms with van der Waals surface area (Å²) in [6, 6.07) is 29.1. The molecule has 0 aromatic heterocycles. The molecule has 2 nitrogen and oxygen atoms in total. The van der Waals surface area contributed by atoms with Gasteiger partial charge in [0.1, 0.15) is 0 Å². The summed E-state index contributed by atoms with van der Waals surface area (Å²) < 4.78 is 0. The summed E-state index contributed by atoms with van der Waals surface area (Å²) in [6.07, 6.45) is 0. The van der Waals surface area contributed by atoms with Crippen LogP contribution >= 0.6 is 23.4 Å². The number of rotatable bonds is 4. The van der Waals surface area contributed by atoms with E-state index in [9.17, 15) is 5.26 Å². The van der Waals surface area contributed by atoms with Gasteiger partial charge in [0.25, 0.3) is 0 Å². The molecule has 1 N–H and O–H groups in total. The van der Waals surface area contributed by atoms with Crippen molar-refractivity contribution in [3.8, 4) is 6.07 Å². The predicted molar refractivity (Wildman–Crippen MR) is 114 cm³/mol. The Morgan fingerprint density at radius 2 is 1.63 bits per heavy atom. The summed E-state index contributed by atoms with van der Waals surface area (Å²) >= 11 is 7.87. The summed E-state index contributed by atoms with van der Waals surface area (Å²) in [5, 5.41) is 14.4. The van der Waals surface area contributed by atoms with E-state index in [2.05, 4.69) is 47.8 Å². The first-order valence-corrected chi connectivity index (χ1v) is 10.3. The molecule has 27 heavy (non-hydrogen) atoms. The summed E-state index contributed by atoms with van der Waals surface area (Å²) in [5.41, 5.74) is 4.67. The smallest absolute Gasteiger partial charge is 0.0894 e. The molecule has 4 rings (SSSR count). The van der Waals surface area contributed by atoms with Crippen LogP contribution in [0.25, 0.3) is 0 Å². The van der Waals surface area contributed by atoms with Crippen molar-refractivity contribution in [3.63, 3.8) is 0 Å². The van der Waals surface area contributed by atoms with Crippen molar-refractivity contribution >= 4 is 29.1 Å². The van der Waals surface area contributed by atoms with Crippen LogP contribution in [-0.2, 0) is 5.75 Å². The topological polar surface area (TPSA) is 35.8 Å². The zero-order chi connectivity index (χ0) is 18.6. The van der Waals surface area contributed by atoms with E-state index >= 15 is 0 Å². The molecule has 134 valence electrons. The van der Waals surface area contributed by atoms with E-state index in [1.807, 2.05) is 42.5 Å². The average molecular weight is 391 g/mol. The number of hydrogen-bond acceptors (Lipinski definition) is 3. The molecule has 1 aliphatic rings. The molecule has 3 aromatic carbocycles. The molecule has 0 amide bonds. The number of nitrogens with zero attached hydrogens (tertiary/aromatic N) is 1. The minimum absolute atomic E-state index is 0.0192. The quantitative estimate of drug-likeness (QED) is 0.568. The Morgan fingerprint density at radius 3 is 2.37 bits per heavy atom. The molecule has 0 bridgehead atoms. The average Bonchev–Trinajstić information content (AvgIpc) is 2.72. The monoisotopic (exact) mass is 390 g/mol. The molecule has 0 radical (unpaired) electrons. The number of nitrogens with one attached hydrogen (secondary N) is 1. The van der Waals surface area contributed by atoms with Crippen molar-refractivity contribution in [2.24, 2.45) is 5.92 Å². The van der Waals surface area contributed by atoms with Gasteiger partial charge in [-0.05, 0) is 34.9 Å². The summed E-state index contributed by atoms with van der Waals surface area (Å²) in [6.45, 7) is 0. The largest absolute Gasteiger partial charge is 0.372 e. The number of hydrogen-bond donors (Lipinski definition) is 1. The maximum atomic E-state index is 10.0. The van der Waals surface area contributed by atoms with E-state index in [1.165, 1.54) is 11.1 Å². The maximum absolute atomic E-state index is 10.0.